The van der Waals surface area contributed by atoms with Crippen molar-refractivity contribution in [1.82, 2.24) is 0 Å². The van der Waals surface area contributed by atoms with Gasteiger partial charge in [0.25, 0.3) is 0 Å². The highest BCUT2D eigenvalue weighted by molar-refractivity contribution is 5.75. The van der Waals surface area contributed by atoms with Crippen LogP contribution < -0.4 is 10.2 Å². The molecule has 0 saturated heterocycles. The molecule has 6 heteroatoms. The highest BCUT2D eigenvalue weighted by atomic mass is 16.6. The van der Waals surface area contributed by atoms with Gasteiger partial charge in [-0.1, -0.05) is 6.07 Å². The van der Waals surface area contributed by atoms with Crippen LogP contribution in [0.4, 0.5) is 5.69 Å². The summed E-state index contributed by atoms with van der Waals surface area (Å²) in [6, 6.07) is 5.23. The van der Waals surface area contributed by atoms with E-state index >= 15 is 0 Å². The molecule has 0 aliphatic carbocycles. The van der Waals surface area contributed by atoms with Gasteiger partial charge in [0.15, 0.2) is 6.10 Å². The van der Waals surface area contributed by atoms with Gasteiger partial charge >= 0.3 is 5.97 Å². The molecule has 0 aliphatic heterocycles. The zero-order valence-electron chi connectivity index (χ0n) is 12.9. The van der Waals surface area contributed by atoms with Crippen LogP contribution in [-0.4, -0.2) is 37.1 Å². The van der Waals surface area contributed by atoms with Gasteiger partial charge in [-0.2, -0.15) is 0 Å². The molecule has 6 nitrogen and oxygen atoms in total. The van der Waals surface area contributed by atoms with Crippen LogP contribution in [0.15, 0.2) is 18.2 Å². The molecule has 0 saturated carbocycles. The van der Waals surface area contributed by atoms with Crippen molar-refractivity contribution in [2.45, 2.75) is 39.4 Å². The largest absolute Gasteiger partial charge is 0.495 e. The lowest BCUT2D eigenvalue weighted by Crippen LogP contribution is -2.31. The standard InChI is InChI=1S/C15H23NO5/c1-5-20-15(17)14(21-10(2)3)9-11-6-7-13(19-4)12(8-11)16-18/h6-8,10,14,16,18H,5,9H2,1-4H3. The molecule has 1 unspecified atom stereocenters. The first kappa shape index (κ1) is 17.3. The lowest BCUT2D eigenvalue weighted by atomic mass is 10.1. The Morgan fingerprint density at radius 2 is 2.10 bits per heavy atom. The molecule has 0 amide bonds. The summed E-state index contributed by atoms with van der Waals surface area (Å²) in [5.74, 6) is 0.124. The first-order valence-corrected chi connectivity index (χ1v) is 6.90. The molecule has 1 rings (SSSR count). The highest BCUT2D eigenvalue weighted by Crippen LogP contribution is 2.25. The molecule has 0 aromatic heterocycles. The third kappa shape index (κ3) is 5.24. The molecule has 0 radical (unpaired) electrons. The van der Waals surface area contributed by atoms with Crippen LogP contribution in [-0.2, 0) is 20.7 Å². The monoisotopic (exact) mass is 297 g/mol. The minimum Gasteiger partial charge on any atom is -0.495 e. The van der Waals surface area contributed by atoms with Crippen molar-refractivity contribution in [2.75, 3.05) is 19.2 Å². The number of benzene rings is 1. The maximum Gasteiger partial charge on any atom is 0.335 e. The zero-order chi connectivity index (χ0) is 15.8. The molecule has 118 valence electrons. The Morgan fingerprint density at radius 1 is 1.38 bits per heavy atom. The molecule has 1 aromatic rings. The van der Waals surface area contributed by atoms with Crippen LogP contribution in [0.25, 0.3) is 0 Å². The number of esters is 1. The normalized spacial score (nSPS) is 12.1. The topological polar surface area (TPSA) is 77.0 Å². The van der Waals surface area contributed by atoms with E-state index in [1.807, 2.05) is 19.9 Å². The molecule has 0 spiro atoms. The Kier molecular flexibility index (Phi) is 6.98. The lowest BCUT2D eigenvalue weighted by molar-refractivity contribution is -0.159. The molecule has 0 aliphatic rings. The summed E-state index contributed by atoms with van der Waals surface area (Å²) in [6.07, 6.45) is -0.409. The van der Waals surface area contributed by atoms with E-state index in [4.69, 9.17) is 19.4 Å². The summed E-state index contributed by atoms with van der Waals surface area (Å²) in [5.41, 5.74) is 3.33. The van der Waals surface area contributed by atoms with E-state index in [1.165, 1.54) is 7.11 Å². The molecule has 1 atom stereocenters. The third-order valence-corrected chi connectivity index (χ3v) is 2.79. The summed E-state index contributed by atoms with van der Waals surface area (Å²) in [7, 11) is 1.51. The molecule has 1 aromatic carbocycles. The Hall–Kier alpha value is -1.79. The van der Waals surface area contributed by atoms with E-state index in [9.17, 15) is 4.79 Å². The van der Waals surface area contributed by atoms with Gasteiger partial charge < -0.3 is 14.2 Å². The minimum absolute atomic E-state index is 0.0897. The van der Waals surface area contributed by atoms with Crippen molar-refractivity contribution in [1.29, 1.82) is 0 Å². The van der Waals surface area contributed by atoms with E-state index < -0.39 is 6.10 Å². The number of ether oxygens (including phenoxy) is 3. The third-order valence-electron chi connectivity index (χ3n) is 2.79. The van der Waals surface area contributed by atoms with Gasteiger partial charge in [0.2, 0.25) is 0 Å². The molecular formula is C15H23NO5. The summed E-state index contributed by atoms with van der Waals surface area (Å²) < 4.78 is 15.7. The minimum atomic E-state index is -0.676. The van der Waals surface area contributed by atoms with Gasteiger partial charge in [0, 0.05) is 6.42 Å². The van der Waals surface area contributed by atoms with E-state index in [-0.39, 0.29) is 12.1 Å². The average Bonchev–Trinajstić information content (AvgIpc) is 2.46. The Bertz CT molecular complexity index is 461. The number of methoxy groups -OCH3 is 1. The fraction of sp³-hybridized carbons (Fsp3) is 0.533. The van der Waals surface area contributed by atoms with Gasteiger partial charge in [-0.05, 0) is 38.5 Å². The quantitative estimate of drug-likeness (QED) is 0.567. The molecule has 0 heterocycles. The first-order valence-electron chi connectivity index (χ1n) is 6.90. The van der Waals surface area contributed by atoms with Gasteiger partial charge in [0.1, 0.15) is 11.4 Å². The van der Waals surface area contributed by atoms with Crippen molar-refractivity contribution in [3.63, 3.8) is 0 Å². The summed E-state index contributed by atoms with van der Waals surface area (Å²) >= 11 is 0. The summed E-state index contributed by atoms with van der Waals surface area (Å²) in [6.45, 7) is 5.79. The second kappa shape index (κ2) is 8.49. The second-order valence-electron chi connectivity index (χ2n) is 4.78. The van der Waals surface area contributed by atoms with Crippen LogP contribution in [0.2, 0.25) is 0 Å². The van der Waals surface area contributed by atoms with Crippen molar-refractivity contribution in [2.24, 2.45) is 0 Å². The number of hydrogen-bond acceptors (Lipinski definition) is 6. The first-order chi connectivity index (χ1) is 10.0. The van der Waals surface area contributed by atoms with Gasteiger partial charge in [-0.3, -0.25) is 10.7 Å². The van der Waals surface area contributed by atoms with Crippen LogP contribution in [0.5, 0.6) is 5.75 Å². The predicted octanol–water partition coefficient (Wildman–Crippen LogP) is 2.40. The van der Waals surface area contributed by atoms with Crippen molar-refractivity contribution in [3.05, 3.63) is 23.8 Å². The summed E-state index contributed by atoms with van der Waals surface area (Å²) in [4.78, 5) is 11.9. The highest BCUT2D eigenvalue weighted by Gasteiger charge is 2.22. The fourth-order valence-electron chi connectivity index (χ4n) is 1.93. The number of hydrogen-bond donors (Lipinski definition) is 2. The Labute approximate surface area is 125 Å². The van der Waals surface area contributed by atoms with Crippen LogP contribution in [0.3, 0.4) is 0 Å². The van der Waals surface area contributed by atoms with Gasteiger partial charge in [-0.15, -0.1) is 0 Å². The molecule has 21 heavy (non-hydrogen) atoms. The smallest absolute Gasteiger partial charge is 0.335 e. The van der Waals surface area contributed by atoms with Crippen molar-refractivity contribution >= 4 is 11.7 Å². The number of anilines is 1. The van der Waals surface area contributed by atoms with Crippen molar-refractivity contribution in [3.8, 4) is 5.75 Å². The van der Waals surface area contributed by atoms with E-state index in [0.29, 0.717) is 24.5 Å². The molecule has 0 fully saturated rings. The number of nitrogens with one attached hydrogen (secondary N) is 1. The summed E-state index contributed by atoms with van der Waals surface area (Å²) in [5, 5.41) is 9.09. The predicted molar refractivity (Wildman–Crippen MR) is 78.7 cm³/mol. The molecule has 0 bridgehead atoms. The van der Waals surface area contributed by atoms with E-state index in [0.717, 1.165) is 5.56 Å². The second-order valence-corrected chi connectivity index (χ2v) is 4.78. The lowest BCUT2D eigenvalue weighted by Gasteiger charge is -2.19. The number of carbonyl (C=O) groups is 1. The maximum absolute atomic E-state index is 11.9. The van der Waals surface area contributed by atoms with E-state index in [2.05, 4.69) is 5.48 Å². The van der Waals surface area contributed by atoms with Crippen LogP contribution >= 0.6 is 0 Å². The fourth-order valence-corrected chi connectivity index (χ4v) is 1.93. The zero-order valence-corrected chi connectivity index (χ0v) is 12.9. The van der Waals surface area contributed by atoms with Gasteiger partial charge in [0.05, 0.1) is 19.8 Å². The maximum atomic E-state index is 11.9. The SMILES string of the molecule is CCOC(=O)C(Cc1ccc(OC)c(NO)c1)OC(C)C. The number of carbonyl (C=O) groups excluding carboxylic acids is 1. The van der Waals surface area contributed by atoms with Crippen molar-refractivity contribution < 1.29 is 24.2 Å². The van der Waals surface area contributed by atoms with Crippen LogP contribution in [0.1, 0.15) is 26.3 Å². The molecule has 2 N–H and O–H groups in total. The number of rotatable bonds is 8. The average molecular weight is 297 g/mol. The Balaban J connectivity index is 2.89. The molecular weight excluding hydrogens is 274 g/mol. The van der Waals surface area contributed by atoms with Crippen LogP contribution in [0, 0.1) is 0 Å². The van der Waals surface area contributed by atoms with E-state index in [1.54, 1.807) is 19.1 Å². The van der Waals surface area contributed by atoms with Gasteiger partial charge in [-0.25, -0.2) is 4.79 Å². The Morgan fingerprint density at radius 3 is 2.62 bits per heavy atom.